The SMILES string of the molecule is COC(=O)N1CCNCC1C#N. The van der Waals surface area contributed by atoms with Gasteiger partial charge in [-0.15, -0.1) is 0 Å². The molecule has 1 fully saturated rings. The number of carbonyl (C=O) groups is 1. The van der Waals surface area contributed by atoms with Crippen molar-refractivity contribution in [1.29, 1.82) is 5.26 Å². The summed E-state index contributed by atoms with van der Waals surface area (Å²) >= 11 is 0. The summed E-state index contributed by atoms with van der Waals surface area (Å²) in [6.07, 6.45) is -0.428. The smallest absolute Gasteiger partial charge is 0.410 e. The maximum absolute atomic E-state index is 11.1. The maximum atomic E-state index is 11.1. The lowest BCUT2D eigenvalue weighted by atomic mass is 10.2. The number of hydrogen-bond acceptors (Lipinski definition) is 4. The molecule has 0 radical (unpaired) electrons. The second kappa shape index (κ2) is 3.93. The van der Waals surface area contributed by atoms with Gasteiger partial charge in [-0.25, -0.2) is 4.79 Å². The molecule has 0 aromatic carbocycles. The normalized spacial score (nSPS) is 23.0. The zero-order valence-electron chi connectivity index (χ0n) is 6.91. The van der Waals surface area contributed by atoms with Gasteiger partial charge in [-0.1, -0.05) is 0 Å². The van der Waals surface area contributed by atoms with Gasteiger partial charge in [-0.05, 0) is 0 Å². The third-order valence-electron chi connectivity index (χ3n) is 1.80. The average molecular weight is 169 g/mol. The van der Waals surface area contributed by atoms with E-state index in [1.807, 2.05) is 6.07 Å². The van der Waals surface area contributed by atoms with E-state index in [2.05, 4.69) is 10.1 Å². The van der Waals surface area contributed by atoms with Gasteiger partial charge >= 0.3 is 6.09 Å². The van der Waals surface area contributed by atoms with E-state index in [1.54, 1.807) is 0 Å². The zero-order valence-corrected chi connectivity index (χ0v) is 6.91. The molecule has 1 saturated heterocycles. The third-order valence-corrected chi connectivity index (χ3v) is 1.80. The third kappa shape index (κ3) is 1.66. The van der Waals surface area contributed by atoms with Crippen molar-refractivity contribution in [3.8, 4) is 6.07 Å². The Kier molecular flexibility index (Phi) is 2.88. The van der Waals surface area contributed by atoms with Crippen LogP contribution < -0.4 is 5.32 Å². The highest BCUT2D eigenvalue weighted by molar-refractivity contribution is 5.68. The Balaban J connectivity index is 2.60. The van der Waals surface area contributed by atoms with E-state index in [9.17, 15) is 4.79 Å². The van der Waals surface area contributed by atoms with E-state index in [4.69, 9.17) is 5.26 Å². The Morgan fingerprint density at radius 2 is 2.58 bits per heavy atom. The molecule has 0 saturated carbocycles. The molecule has 1 aliphatic heterocycles. The molecular weight excluding hydrogens is 158 g/mol. The average Bonchev–Trinajstić information content (AvgIpc) is 2.16. The summed E-state index contributed by atoms with van der Waals surface area (Å²) in [4.78, 5) is 12.5. The molecule has 12 heavy (non-hydrogen) atoms. The number of methoxy groups -OCH3 is 1. The maximum Gasteiger partial charge on any atom is 0.410 e. The van der Waals surface area contributed by atoms with Crippen LogP contribution in [0.2, 0.25) is 0 Å². The molecular formula is C7H11N3O2. The lowest BCUT2D eigenvalue weighted by Crippen LogP contribution is -2.52. The van der Waals surface area contributed by atoms with Crippen molar-refractivity contribution in [2.45, 2.75) is 6.04 Å². The molecule has 1 amide bonds. The zero-order chi connectivity index (χ0) is 8.97. The Morgan fingerprint density at radius 3 is 3.17 bits per heavy atom. The highest BCUT2D eigenvalue weighted by Crippen LogP contribution is 2.03. The first-order valence-corrected chi connectivity index (χ1v) is 3.74. The molecule has 0 aliphatic carbocycles. The topological polar surface area (TPSA) is 65.4 Å². The fourth-order valence-electron chi connectivity index (χ4n) is 1.16. The summed E-state index contributed by atoms with van der Waals surface area (Å²) in [5.74, 6) is 0. The first-order valence-electron chi connectivity index (χ1n) is 3.74. The lowest BCUT2D eigenvalue weighted by molar-refractivity contribution is 0.106. The van der Waals surface area contributed by atoms with Crippen LogP contribution in [0, 0.1) is 11.3 Å². The van der Waals surface area contributed by atoms with E-state index in [0.29, 0.717) is 19.6 Å². The van der Waals surface area contributed by atoms with Crippen LogP contribution in [0.5, 0.6) is 0 Å². The van der Waals surface area contributed by atoms with Crippen molar-refractivity contribution < 1.29 is 9.53 Å². The predicted molar refractivity (Wildman–Crippen MR) is 41.4 cm³/mol. The molecule has 1 N–H and O–H groups in total. The van der Waals surface area contributed by atoms with Gasteiger partial charge < -0.3 is 10.1 Å². The lowest BCUT2D eigenvalue weighted by Gasteiger charge is -2.30. The van der Waals surface area contributed by atoms with Gasteiger partial charge in [0.1, 0.15) is 6.04 Å². The van der Waals surface area contributed by atoms with E-state index in [-0.39, 0.29) is 0 Å². The standard InChI is InChI=1S/C7H11N3O2/c1-12-7(11)10-3-2-9-5-6(10)4-8/h6,9H,2-3,5H2,1H3. The minimum absolute atomic E-state index is 0.397. The molecule has 1 rings (SSSR count). The number of nitrogens with zero attached hydrogens (tertiary/aromatic N) is 2. The Labute approximate surface area is 70.9 Å². The van der Waals surface area contributed by atoms with E-state index < -0.39 is 12.1 Å². The monoisotopic (exact) mass is 169 g/mol. The summed E-state index contributed by atoms with van der Waals surface area (Å²) in [5, 5.41) is 11.7. The molecule has 5 nitrogen and oxygen atoms in total. The Hall–Kier alpha value is -1.28. The first-order chi connectivity index (χ1) is 5.79. The second-order valence-corrected chi connectivity index (χ2v) is 2.51. The van der Waals surface area contributed by atoms with E-state index >= 15 is 0 Å². The highest BCUT2D eigenvalue weighted by Gasteiger charge is 2.26. The van der Waals surface area contributed by atoms with Gasteiger partial charge in [0.15, 0.2) is 0 Å². The fraction of sp³-hybridized carbons (Fsp3) is 0.714. The van der Waals surface area contributed by atoms with E-state index in [0.717, 1.165) is 0 Å². The van der Waals surface area contributed by atoms with Crippen molar-refractivity contribution in [3.63, 3.8) is 0 Å². The van der Waals surface area contributed by atoms with Crippen molar-refractivity contribution in [2.24, 2.45) is 0 Å². The summed E-state index contributed by atoms with van der Waals surface area (Å²) in [7, 11) is 1.32. The predicted octanol–water partition coefficient (Wildman–Crippen LogP) is -0.450. The van der Waals surface area contributed by atoms with Crippen LogP contribution in [0.3, 0.4) is 0 Å². The summed E-state index contributed by atoms with van der Waals surface area (Å²) < 4.78 is 4.53. The number of piperazine rings is 1. The number of nitrogens with one attached hydrogen (secondary N) is 1. The Bertz CT molecular complexity index is 211. The molecule has 0 aromatic rings. The molecule has 66 valence electrons. The number of amides is 1. The molecule has 1 aliphatic rings. The minimum Gasteiger partial charge on any atom is -0.453 e. The van der Waals surface area contributed by atoms with Crippen LogP contribution in [-0.4, -0.2) is 43.8 Å². The highest BCUT2D eigenvalue weighted by atomic mass is 16.5. The van der Waals surface area contributed by atoms with Gasteiger partial charge in [-0.2, -0.15) is 5.26 Å². The van der Waals surface area contributed by atoms with Crippen LogP contribution in [0.1, 0.15) is 0 Å². The van der Waals surface area contributed by atoms with Gasteiger partial charge in [0.05, 0.1) is 13.2 Å². The summed E-state index contributed by atoms with van der Waals surface area (Å²) in [6.45, 7) is 1.77. The molecule has 1 unspecified atom stereocenters. The number of rotatable bonds is 0. The van der Waals surface area contributed by atoms with Crippen LogP contribution in [-0.2, 0) is 4.74 Å². The molecule has 5 heteroatoms. The van der Waals surface area contributed by atoms with Crippen LogP contribution in [0.25, 0.3) is 0 Å². The summed E-state index contributed by atoms with van der Waals surface area (Å²) in [6, 6.07) is 1.63. The van der Waals surface area contributed by atoms with Crippen molar-refractivity contribution in [3.05, 3.63) is 0 Å². The fourth-order valence-corrected chi connectivity index (χ4v) is 1.16. The van der Waals surface area contributed by atoms with Gasteiger partial charge in [0.2, 0.25) is 0 Å². The van der Waals surface area contributed by atoms with Crippen LogP contribution >= 0.6 is 0 Å². The second-order valence-electron chi connectivity index (χ2n) is 2.51. The molecule has 1 heterocycles. The Morgan fingerprint density at radius 1 is 1.83 bits per heavy atom. The largest absolute Gasteiger partial charge is 0.453 e. The van der Waals surface area contributed by atoms with Gasteiger partial charge in [0, 0.05) is 19.6 Å². The first kappa shape index (κ1) is 8.81. The number of nitriles is 1. The van der Waals surface area contributed by atoms with Crippen LogP contribution in [0.4, 0.5) is 4.79 Å². The van der Waals surface area contributed by atoms with E-state index in [1.165, 1.54) is 12.0 Å². The van der Waals surface area contributed by atoms with Crippen molar-refractivity contribution in [2.75, 3.05) is 26.7 Å². The molecule has 1 atom stereocenters. The van der Waals surface area contributed by atoms with Crippen molar-refractivity contribution >= 4 is 6.09 Å². The quantitative estimate of drug-likeness (QED) is 0.533. The number of ether oxygens (including phenoxy) is 1. The van der Waals surface area contributed by atoms with Gasteiger partial charge in [0.25, 0.3) is 0 Å². The van der Waals surface area contributed by atoms with Gasteiger partial charge in [-0.3, -0.25) is 4.90 Å². The molecule has 0 spiro atoms. The molecule has 0 bridgehead atoms. The minimum atomic E-state index is -0.428. The molecule has 0 aromatic heterocycles. The van der Waals surface area contributed by atoms with Crippen molar-refractivity contribution in [1.82, 2.24) is 10.2 Å². The number of carbonyl (C=O) groups excluding carboxylic acids is 1. The summed E-state index contributed by atoms with van der Waals surface area (Å²) in [5.41, 5.74) is 0. The van der Waals surface area contributed by atoms with Crippen LogP contribution in [0.15, 0.2) is 0 Å². The number of hydrogen-bond donors (Lipinski definition) is 1.